The number of aromatic nitrogens is 2. The van der Waals surface area contributed by atoms with Crippen molar-refractivity contribution in [2.24, 2.45) is 0 Å². The van der Waals surface area contributed by atoms with E-state index in [1.54, 1.807) is 0 Å². The first kappa shape index (κ1) is 14.6. The topological polar surface area (TPSA) is 31.6 Å². The van der Waals surface area contributed by atoms with Crippen LogP contribution in [0.25, 0.3) is 0 Å². The first-order chi connectivity index (χ1) is 10.9. The highest BCUT2D eigenvalue weighted by Crippen LogP contribution is 2.12. The highest BCUT2D eigenvalue weighted by atomic mass is 14.7. The SMILES string of the molecule is C1#Cc2cc[nH]c2CCCC1.C1#Cc2cc[nH]c2CCCC1. The van der Waals surface area contributed by atoms with Crippen LogP contribution >= 0.6 is 0 Å². The van der Waals surface area contributed by atoms with Crippen molar-refractivity contribution >= 4 is 0 Å². The predicted molar refractivity (Wildman–Crippen MR) is 90.5 cm³/mol. The van der Waals surface area contributed by atoms with E-state index in [-0.39, 0.29) is 0 Å². The Bertz CT molecular complexity index is 661. The molecule has 0 fully saturated rings. The van der Waals surface area contributed by atoms with Crippen LogP contribution in [0.2, 0.25) is 0 Å². The summed E-state index contributed by atoms with van der Waals surface area (Å²) in [5, 5.41) is 0. The zero-order valence-electron chi connectivity index (χ0n) is 13.0. The van der Waals surface area contributed by atoms with E-state index in [4.69, 9.17) is 0 Å². The number of hydrogen-bond acceptors (Lipinski definition) is 0. The molecule has 112 valence electrons. The fourth-order valence-electron chi connectivity index (χ4n) is 2.80. The summed E-state index contributed by atoms with van der Waals surface area (Å²) in [4.78, 5) is 6.45. The van der Waals surface area contributed by atoms with Gasteiger partial charge in [-0.1, -0.05) is 23.7 Å². The van der Waals surface area contributed by atoms with E-state index in [0.717, 1.165) is 25.7 Å². The number of hydrogen-bond donors (Lipinski definition) is 2. The Balaban J connectivity index is 0.000000131. The Morgan fingerprint density at radius 1 is 0.682 bits per heavy atom. The normalized spacial score (nSPS) is 15.6. The van der Waals surface area contributed by atoms with E-state index in [9.17, 15) is 0 Å². The number of rotatable bonds is 0. The summed E-state index contributed by atoms with van der Waals surface area (Å²) in [6.45, 7) is 0. The molecule has 0 amide bonds. The van der Waals surface area contributed by atoms with Gasteiger partial charge in [-0.25, -0.2) is 0 Å². The largest absolute Gasteiger partial charge is 0.364 e. The number of nitrogens with one attached hydrogen (secondary N) is 2. The Kier molecular flexibility index (Phi) is 5.06. The third kappa shape index (κ3) is 3.86. The van der Waals surface area contributed by atoms with Gasteiger partial charge in [-0.15, -0.1) is 0 Å². The van der Waals surface area contributed by atoms with E-state index >= 15 is 0 Å². The van der Waals surface area contributed by atoms with Gasteiger partial charge in [0.1, 0.15) is 0 Å². The molecule has 2 heterocycles. The molecule has 0 radical (unpaired) electrons. The average molecular weight is 290 g/mol. The van der Waals surface area contributed by atoms with Gasteiger partial charge in [-0.3, -0.25) is 0 Å². The molecule has 0 aliphatic heterocycles. The van der Waals surface area contributed by atoms with E-state index in [2.05, 4.69) is 45.8 Å². The Morgan fingerprint density at radius 2 is 1.18 bits per heavy atom. The van der Waals surface area contributed by atoms with Crippen LogP contribution in [0.4, 0.5) is 0 Å². The van der Waals surface area contributed by atoms with Crippen molar-refractivity contribution in [2.75, 3.05) is 0 Å². The summed E-state index contributed by atoms with van der Waals surface area (Å²) < 4.78 is 0. The maximum Gasteiger partial charge on any atom is 0.0452 e. The minimum Gasteiger partial charge on any atom is -0.364 e. The van der Waals surface area contributed by atoms with E-state index in [0.29, 0.717) is 0 Å². The smallest absolute Gasteiger partial charge is 0.0452 e. The van der Waals surface area contributed by atoms with Gasteiger partial charge in [-0.2, -0.15) is 0 Å². The predicted octanol–water partition coefficient (Wildman–Crippen LogP) is 4.19. The fraction of sp³-hybridized carbons (Fsp3) is 0.400. The van der Waals surface area contributed by atoms with Gasteiger partial charge >= 0.3 is 0 Å². The summed E-state index contributed by atoms with van der Waals surface area (Å²) in [6, 6.07) is 4.13. The van der Waals surface area contributed by atoms with Crippen LogP contribution in [0.5, 0.6) is 0 Å². The molecule has 2 aliphatic carbocycles. The molecular formula is C20H22N2. The molecule has 2 N–H and O–H groups in total. The Labute approximate surface area is 132 Å². The molecule has 0 spiro atoms. The second-order valence-electron chi connectivity index (χ2n) is 5.76. The average Bonchev–Trinajstić information content (AvgIpc) is 3.08. The second kappa shape index (κ2) is 7.62. The van der Waals surface area contributed by atoms with Crippen LogP contribution in [0.3, 0.4) is 0 Å². The molecule has 0 saturated heterocycles. The number of H-pyrrole nitrogens is 2. The van der Waals surface area contributed by atoms with Crippen molar-refractivity contribution in [3.05, 3.63) is 47.0 Å². The molecule has 2 aromatic heterocycles. The first-order valence-corrected chi connectivity index (χ1v) is 8.24. The quantitative estimate of drug-likeness (QED) is 0.682. The molecule has 4 rings (SSSR count). The third-order valence-electron chi connectivity index (χ3n) is 4.07. The van der Waals surface area contributed by atoms with Gasteiger partial charge in [0.15, 0.2) is 0 Å². The molecule has 0 saturated carbocycles. The van der Waals surface area contributed by atoms with Gasteiger partial charge in [0.2, 0.25) is 0 Å². The Hall–Kier alpha value is -2.32. The van der Waals surface area contributed by atoms with Crippen LogP contribution in [0, 0.1) is 23.7 Å². The van der Waals surface area contributed by atoms with Crippen molar-refractivity contribution in [1.82, 2.24) is 9.97 Å². The Morgan fingerprint density at radius 3 is 1.68 bits per heavy atom. The molecule has 2 heteroatoms. The minimum atomic E-state index is 1.06. The van der Waals surface area contributed by atoms with Gasteiger partial charge in [-0.05, 0) is 50.7 Å². The van der Waals surface area contributed by atoms with Gasteiger partial charge < -0.3 is 9.97 Å². The lowest BCUT2D eigenvalue weighted by Gasteiger charge is -2.00. The summed E-state index contributed by atoms with van der Waals surface area (Å²) in [6.07, 6.45) is 13.4. The van der Waals surface area contributed by atoms with Gasteiger partial charge in [0.25, 0.3) is 0 Å². The van der Waals surface area contributed by atoms with E-state index < -0.39 is 0 Å². The van der Waals surface area contributed by atoms with E-state index in [1.807, 2.05) is 12.4 Å². The van der Waals surface area contributed by atoms with Crippen molar-refractivity contribution in [1.29, 1.82) is 0 Å². The molecule has 2 aromatic rings. The number of aryl methyl sites for hydroxylation is 2. The van der Waals surface area contributed by atoms with Crippen molar-refractivity contribution < 1.29 is 0 Å². The molecule has 22 heavy (non-hydrogen) atoms. The first-order valence-electron chi connectivity index (χ1n) is 8.24. The summed E-state index contributed by atoms with van der Waals surface area (Å²) in [5.74, 6) is 12.6. The zero-order valence-corrected chi connectivity index (χ0v) is 13.0. The third-order valence-corrected chi connectivity index (χ3v) is 4.07. The number of aromatic amines is 2. The highest BCUT2D eigenvalue weighted by molar-refractivity contribution is 5.39. The molecule has 2 aliphatic rings. The lowest BCUT2D eigenvalue weighted by Crippen LogP contribution is -1.91. The standard InChI is InChI=1S/2C10H11N/c2*1-2-4-6-10-9(5-3-1)7-8-11-10/h2*7-8,11H,1-2,4,6H2. The van der Waals surface area contributed by atoms with Crippen LogP contribution in [-0.4, -0.2) is 9.97 Å². The monoisotopic (exact) mass is 290 g/mol. The van der Waals surface area contributed by atoms with Crippen LogP contribution in [0.15, 0.2) is 24.5 Å². The molecule has 0 aromatic carbocycles. The fourth-order valence-corrected chi connectivity index (χ4v) is 2.80. The molecule has 2 nitrogen and oxygen atoms in total. The van der Waals surface area contributed by atoms with E-state index in [1.165, 1.54) is 48.2 Å². The van der Waals surface area contributed by atoms with Crippen LogP contribution in [0.1, 0.15) is 61.0 Å². The summed E-state index contributed by atoms with van der Waals surface area (Å²) >= 11 is 0. The second-order valence-corrected chi connectivity index (χ2v) is 5.76. The van der Waals surface area contributed by atoms with Crippen molar-refractivity contribution in [2.45, 2.75) is 51.4 Å². The molecule has 0 bridgehead atoms. The minimum absolute atomic E-state index is 1.06. The maximum absolute atomic E-state index is 3.22. The maximum atomic E-state index is 3.22. The van der Waals surface area contributed by atoms with Gasteiger partial charge in [0.05, 0.1) is 0 Å². The molecule has 0 atom stereocenters. The molecular weight excluding hydrogens is 268 g/mol. The van der Waals surface area contributed by atoms with Gasteiger partial charge in [0, 0.05) is 47.8 Å². The number of fused-ring (bicyclic) bond motifs is 2. The lowest BCUT2D eigenvalue weighted by atomic mass is 10.1. The zero-order chi connectivity index (χ0) is 15.0. The molecule has 0 unspecified atom stereocenters. The highest BCUT2D eigenvalue weighted by Gasteiger charge is 2.02. The lowest BCUT2D eigenvalue weighted by molar-refractivity contribution is 0.741. The van der Waals surface area contributed by atoms with Crippen molar-refractivity contribution in [3.63, 3.8) is 0 Å². The summed E-state index contributed by atoms with van der Waals surface area (Å²) in [5.41, 5.74) is 5.03. The van der Waals surface area contributed by atoms with Crippen molar-refractivity contribution in [3.8, 4) is 23.7 Å². The van der Waals surface area contributed by atoms with Crippen LogP contribution in [-0.2, 0) is 12.8 Å². The van der Waals surface area contributed by atoms with Crippen LogP contribution < -0.4 is 0 Å². The summed E-state index contributed by atoms with van der Waals surface area (Å²) in [7, 11) is 0.